The zero-order valence-electron chi connectivity index (χ0n) is 12.9. The molecule has 0 radical (unpaired) electrons. The monoisotopic (exact) mass is 291 g/mol. The molecule has 0 aliphatic carbocycles. The van der Waals surface area contributed by atoms with Crippen molar-refractivity contribution in [1.29, 1.82) is 0 Å². The third-order valence-electron chi connectivity index (χ3n) is 3.56. The van der Waals surface area contributed by atoms with Crippen LogP contribution >= 0.6 is 0 Å². The van der Waals surface area contributed by atoms with E-state index in [9.17, 15) is 0 Å². The first-order valence-corrected chi connectivity index (χ1v) is 7.58. The number of allylic oxidation sites excluding steroid dienone is 1. The summed E-state index contributed by atoms with van der Waals surface area (Å²) < 4.78 is 16.5. The zero-order valence-corrected chi connectivity index (χ0v) is 12.9. The summed E-state index contributed by atoms with van der Waals surface area (Å²) in [5.41, 5.74) is 1.11. The lowest BCUT2D eigenvalue weighted by Gasteiger charge is -2.23. The third kappa shape index (κ3) is 5.06. The van der Waals surface area contributed by atoms with Crippen molar-refractivity contribution in [2.75, 3.05) is 33.5 Å². The Labute approximate surface area is 127 Å². The predicted octanol–water partition coefficient (Wildman–Crippen LogP) is 2.88. The fraction of sp³-hybridized carbons (Fsp3) is 0.529. The highest BCUT2D eigenvalue weighted by Gasteiger charge is 2.12. The molecule has 0 bridgehead atoms. The lowest BCUT2D eigenvalue weighted by atomic mass is 10.1. The molecule has 0 amide bonds. The lowest BCUT2D eigenvalue weighted by molar-refractivity contribution is 0.0770. The second-order valence-electron chi connectivity index (χ2n) is 5.10. The fourth-order valence-corrected chi connectivity index (χ4v) is 2.43. The van der Waals surface area contributed by atoms with Gasteiger partial charge < -0.3 is 19.5 Å². The van der Waals surface area contributed by atoms with Crippen molar-refractivity contribution >= 4 is 6.08 Å². The number of hydrogen-bond donors (Lipinski definition) is 1. The Bertz CT molecular complexity index is 453. The van der Waals surface area contributed by atoms with Crippen molar-refractivity contribution in [3.05, 3.63) is 29.8 Å². The van der Waals surface area contributed by atoms with E-state index in [1.54, 1.807) is 7.11 Å². The molecule has 1 aromatic carbocycles. The van der Waals surface area contributed by atoms with Crippen molar-refractivity contribution in [2.45, 2.75) is 25.8 Å². The maximum atomic E-state index is 5.81. The SMILES string of the molecule is CC=Cc1ccc(OCCNC2CCOCC2)c(OC)c1. The van der Waals surface area contributed by atoms with E-state index < -0.39 is 0 Å². The highest BCUT2D eigenvalue weighted by atomic mass is 16.5. The molecule has 0 saturated carbocycles. The summed E-state index contributed by atoms with van der Waals surface area (Å²) in [4.78, 5) is 0. The maximum absolute atomic E-state index is 5.81. The smallest absolute Gasteiger partial charge is 0.161 e. The molecule has 1 N–H and O–H groups in total. The minimum absolute atomic E-state index is 0.557. The number of rotatable bonds is 7. The van der Waals surface area contributed by atoms with Crippen LogP contribution in [0.15, 0.2) is 24.3 Å². The number of methoxy groups -OCH3 is 1. The van der Waals surface area contributed by atoms with Gasteiger partial charge in [0.05, 0.1) is 7.11 Å². The minimum atomic E-state index is 0.557. The molecule has 1 fully saturated rings. The molecule has 1 aliphatic rings. The van der Waals surface area contributed by atoms with Crippen LogP contribution in [0.1, 0.15) is 25.3 Å². The van der Waals surface area contributed by atoms with E-state index in [1.165, 1.54) is 0 Å². The lowest BCUT2D eigenvalue weighted by Crippen LogP contribution is -2.37. The summed E-state index contributed by atoms with van der Waals surface area (Å²) in [5, 5.41) is 3.50. The van der Waals surface area contributed by atoms with E-state index in [1.807, 2.05) is 37.3 Å². The van der Waals surface area contributed by atoms with Crippen molar-refractivity contribution in [1.82, 2.24) is 5.32 Å². The van der Waals surface area contributed by atoms with Gasteiger partial charge in [0.15, 0.2) is 11.5 Å². The Morgan fingerprint density at radius 2 is 2.10 bits per heavy atom. The van der Waals surface area contributed by atoms with Gasteiger partial charge in [-0.25, -0.2) is 0 Å². The van der Waals surface area contributed by atoms with Crippen LogP contribution in [0.4, 0.5) is 0 Å². The highest BCUT2D eigenvalue weighted by Crippen LogP contribution is 2.28. The van der Waals surface area contributed by atoms with Gasteiger partial charge in [0.2, 0.25) is 0 Å². The number of ether oxygens (including phenoxy) is 3. The normalized spacial score (nSPS) is 16.3. The van der Waals surface area contributed by atoms with Gasteiger partial charge in [-0.05, 0) is 37.5 Å². The standard InChI is InChI=1S/C17H25NO3/c1-3-4-14-5-6-16(17(13-14)19-2)21-12-9-18-15-7-10-20-11-8-15/h3-6,13,15,18H,7-12H2,1-2H3. The van der Waals surface area contributed by atoms with Crippen LogP contribution in [-0.2, 0) is 4.74 Å². The number of hydrogen-bond acceptors (Lipinski definition) is 4. The molecule has 4 nitrogen and oxygen atoms in total. The Balaban J connectivity index is 1.79. The Morgan fingerprint density at radius 3 is 2.81 bits per heavy atom. The number of nitrogens with one attached hydrogen (secondary N) is 1. The van der Waals surface area contributed by atoms with E-state index in [0.717, 1.165) is 49.7 Å². The topological polar surface area (TPSA) is 39.7 Å². The fourth-order valence-electron chi connectivity index (χ4n) is 2.43. The molecular weight excluding hydrogens is 266 g/mol. The molecule has 0 aromatic heterocycles. The second-order valence-corrected chi connectivity index (χ2v) is 5.10. The first-order chi connectivity index (χ1) is 10.3. The Morgan fingerprint density at radius 1 is 1.29 bits per heavy atom. The number of benzene rings is 1. The molecule has 116 valence electrons. The maximum Gasteiger partial charge on any atom is 0.161 e. The molecule has 1 aliphatic heterocycles. The first-order valence-electron chi connectivity index (χ1n) is 7.58. The summed E-state index contributed by atoms with van der Waals surface area (Å²) in [6, 6.07) is 6.54. The molecule has 0 spiro atoms. The summed E-state index contributed by atoms with van der Waals surface area (Å²) in [6.07, 6.45) is 6.22. The molecule has 2 rings (SSSR count). The van der Waals surface area contributed by atoms with Crippen LogP contribution in [0.25, 0.3) is 6.08 Å². The van der Waals surface area contributed by atoms with Gasteiger partial charge in [0.25, 0.3) is 0 Å². The molecule has 1 saturated heterocycles. The average Bonchev–Trinajstić information content (AvgIpc) is 2.53. The second kappa shape index (κ2) is 8.70. The van der Waals surface area contributed by atoms with Crippen molar-refractivity contribution in [3.63, 3.8) is 0 Å². The minimum Gasteiger partial charge on any atom is -0.493 e. The van der Waals surface area contributed by atoms with E-state index >= 15 is 0 Å². The summed E-state index contributed by atoms with van der Waals surface area (Å²) in [6.45, 7) is 5.19. The van der Waals surface area contributed by atoms with E-state index in [0.29, 0.717) is 12.6 Å². The molecule has 0 atom stereocenters. The van der Waals surface area contributed by atoms with E-state index in [2.05, 4.69) is 5.32 Å². The first kappa shape index (κ1) is 15.9. The van der Waals surface area contributed by atoms with Crippen LogP contribution in [0.2, 0.25) is 0 Å². The van der Waals surface area contributed by atoms with Crippen LogP contribution in [0.3, 0.4) is 0 Å². The van der Waals surface area contributed by atoms with Crippen LogP contribution < -0.4 is 14.8 Å². The van der Waals surface area contributed by atoms with Gasteiger partial charge >= 0.3 is 0 Å². The predicted molar refractivity (Wildman–Crippen MR) is 85.0 cm³/mol. The highest BCUT2D eigenvalue weighted by molar-refractivity contribution is 5.55. The van der Waals surface area contributed by atoms with Crippen molar-refractivity contribution in [2.24, 2.45) is 0 Å². The zero-order chi connectivity index (χ0) is 14.9. The van der Waals surface area contributed by atoms with Crippen molar-refractivity contribution in [3.8, 4) is 11.5 Å². The Hall–Kier alpha value is -1.52. The van der Waals surface area contributed by atoms with Crippen LogP contribution in [0, 0.1) is 0 Å². The quantitative estimate of drug-likeness (QED) is 0.784. The van der Waals surface area contributed by atoms with E-state index in [4.69, 9.17) is 14.2 Å². The average molecular weight is 291 g/mol. The van der Waals surface area contributed by atoms with Gasteiger partial charge in [-0.15, -0.1) is 0 Å². The Kier molecular flexibility index (Phi) is 6.57. The summed E-state index contributed by atoms with van der Waals surface area (Å²) in [5.74, 6) is 1.57. The molecule has 1 aromatic rings. The summed E-state index contributed by atoms with van der Waals surface area (Å²) >= 11 is 0. The molecule has 0 unspecified atom stereocenters. The van der Waals surface area contributed by atoms with Crippen LogP contribution in [0.5, 0.6) is 11.5 Å². The largest absolute Gasteiger partial charge is 0.493 e. The van der Waals surface area contributed by atoms with Gasteiger partial charge in [-0.2, -0.15) is 0 Å². The molecular formula is C17H25NO3. The van der Waals surface area contributed by atoms with Crippen molar-refractivity contribution < 1.29 is 14.2 Å². The van der Waals surface area contributed by atoms with Gasteiger partial charge in [0.1, 0.15) is 6.61 Å². The van der Waals surface area contributed by atoms with Crippen LogP contribution in [-0.4, -0.2) is 39.5 Å². The summed E-state index contributed by atoms with van der Waals surface area (Å²) in [7, 11) is 1.67. The molecule has 4 heteroatoms. The van der Waals surface area contributed by atoms with Gasteiger partial charge in [0, 0.05) is 25.8 Å². The van der Waals surface area contributed by atoms with Gasteiger partial charge in [-0.3, -0.25) is 0 Å². The third-order valence-corrected chi connectivity index (χ3v) is 3.56. The molecule has 21 heavy (non-hydrogen) atoms. The van der Waals surface area contributed by atoms with Gasteiger partial charge in [-0.1, -0.05) is 18.2 Å². The van der Waals surface area contributed by atoms with E-state index in [-0.39, 0.29) is 0 Å². The molecule has 1 heterocycles.